The first-order valence-corrected chi connectivity index (χ1v) is 17.1. The quantitative estimate of drug-likeness (QED) is 0.0862. The minimum absolute atomic E-state index is 0.00923. The lowest BCUT2D eigenvalue weighted by molar-refractivity contribution is -0.145. The van der Waals surface area contributed by atoms with Gasteiger partial charge >= 0.3 is 24.5 Å². The molecule has 4 rings (SSSR count). The van der Waals surface area contributed by atoms with Crippen LogP contribution in [0.4, 0.5) is 45.5 Å². The molecule has 0 atom stereocenters. The van der Waals surface area contributed by atoms with Crippen LogP contribution < -0.4 is 15.0 Å². The van der Waals surface area contributed by atoms with Crippen molar-refractivity contribution in [3.05, 3.63) is 82.2 Å². The maximum absolute atomic E-state index is 13.9. The van der Waals surface area contributed by atoms with E-state index < -0.39 is 53.9 Å². The summed E-state index contributed by atoms with van der Waals surface area (Å²) in [7, 11) is 0. The summed E-state index contributed by atoms with van der Waals surface area (Å²) in [4.78, 5) is 21.3. The molecule has 0 radical (unpaired) electrons. The van der Waals surface area contributed by atoms with E-state index in [9.17, 15) is 44.3 Å². The van der Waals surface area contributed by atoms with Gasteiger partial charge in [-0.1, -0.05) is 6.07 Å². The molecule has 0 aliphatic heterocycles. The second kappa shape index (κ2) is 18.3. The number of carbonyl (C=O) groups is 1. The van der Waals surface area contributed by atoms with E-state index >= 15 is 0 Å². The van der Waals surface area contributed by atoms with Crippen LogP contribution in [-0.2, 0) is 47.6 Å². The van der Waals surface area contributed by atoms with Gasteiger partial charge < -0.3 is 24.8 Å². The first kappa shape index (κ1) is 41.6. The number of nitrogens with zero attached hydrogens (tertiary/aromatic N) is 3. The molecule has 3 aromatic rings. The highest BCUT2D eigenvalue weighted by Crippen LogP contribution is 2.37. The summed E-state index contributed by atoms with van der Waals surface area (Å²) in [5.41, 5.74) is -3.92. The predicted octanol–water partition coefficient (Wildman–Crippen LogP) is 8.00. The average Bonchev–Trinajstić information content (AvgIpc) is 3.09. The van der Waals surface area contributed by atoms with E-state index in [1.165, 1.54) is 23.4 Å². The first-order valence-electron chi connectivity index (χ1n) is 17.1. The number of nitrogens with one attached hydrogen (secondary N) is 1. The Morgan fingerprint density at radius 1 is 0.830 bits per heavy atom. The van der Waals surface area contributed by atoms with Gasteiger partial charge in [-0.2, -0.15) is 39.5 Å². The second-order valence-electron chi connectivity index (χ2n) is 12.9. The van der Waals surface area contributed by atoms with Gasteiger partial charge in [-0.3, -0.25) is 4.79 Å². The third kappa shape index (κ3) is 12.8. The molecule has 2 N–H and O–H groups in total. The smallest absolute Gasteiger partial charge is 0.416 e. The number of halogens is 9. The van der Waals surface area contributed by atoms with Crippen molar-refractivity contribution in [2.45, 2.75) is 77.1 Å². The normalized spacial score (nSPS) is 16.7. The van der Waals surface area contributed by atoms with Crippen LogP contribution in [0, 0.1) is 11.8 Å². The number of ether oxygens (including phenoxy) is 2. The van der Waals surface area contributed by atoms with Crippen molar-refractivity contribution in [1.29, 1.82) is 0 Å². The lowest BCUT2D eigenvalue weighted by atomic mass is 9.80. The van der Waals surface area contributed by atoms with Crippen molar-refractivity contribution >= 4 is 11.9 Å². The van der Waals surface area contributed by atoms with E-state index in [0.717, 1.165) is 37.8 Å². The van der Waals surface area contributed by atoms with Crippen molar-refractivity contribution in [1.82, 2.24) is 15.3 Å². The van der Waals surface area contributed by atoms with Gasteiger partial charge in [-0.05, 0) is 111 Å². The third-order valence-electron chi connectivity index (χ3n) is 8.90. The summed E-state index contributed by atoms with van der Waals surface area (Å²) in [6.45, 7) is 1.62. The lowest BCUT2D eigenvalue weighted by Gasteiger charge is -2.28. The minimum atomic E-state index is -5.12. The zero-order chi connectivity index (χ0) is 38.8. The Labute approximate surface area is 300 Å². The fourth-order valence-electron chi connectivity index (χ4n) is 6.26. The van der Waals surface area contributed by atoms with Crippen LogP contribution in [0.25, 0.3) is 0 Å². The van der Waals surface area contributed by atoms with Crippen molar-refractivity contribution < 1.29 is 58.9 Å². The van der Waals surface area contributed by atoms with Gasteiger partial charge in [0.1, 0.15) is 6.61 Å². The van der Waals surface area contributed by atoms with Gasteiger partial charge in [0.15, 0.2) is 5.75 Å². The summed E-state index contributed by atoms with van der Waals surface area (Å²) < 4.78 is 134. The molecule has 1 fully saturated rings. The van der Waals surface area contributed by atoms with Crippen LogP contribution in [0.5, 0.6) is 5.75 Å². The fraction of sp³-hybridized carbons (Fsp3) is 0.528. The monoisotopic (exact) mass is 764 g/mol. The highest BCUT2D eigenvalue weighted by Gasteiger charge is 2.37. The van der Waals surface area contributed by atoms with Gasteiger partial charge in [0.05, 0.1) is 42.3 Å². The summed E-state index contributed by atoms with van der Waals surface area (Å²) >= 11 is 0. The SMILES string of the molecule is CCOC(=O)CC1CCC(CNCCc2ccc(C(F)(F)F)cc2CN(Cc2cc(C(F)(F)F)cc(C(F)(F)F)c2)c2ncc(OCCO)cn2)CC1. The zero-order valence-electron chi connectivity index (χ0n) is 28.9. The Kier molecular flexibility index (Phi) is 14.4. The Balaban J connectivity index is 1.57. The van der Waals surface area contributed by atoms with Crippen LogP contribution in [0.15, 0.2) is 48.8 Å². The third-order valence-corrected chi connectivity index (χ3v) is 8.90. The number of anilines is 1. The number of hydrogen-bond donors (Lipinski definition) is 2. The molecule has 2 aromatic carbocycles. The molecule has 292 valence electrons. The number of aromatic nitrogens is 2. The Bertz CT molecular complexity index is 1590. The predicted molar refractivity (Wildman–Crippen MR) is 176 cm³/mol. The number of benzene rings is 2. The molecule has 0 unspecified atom stereocenters. The number of carbonyl (C=O) groups excluding carboxylic acids is 1. The van der Waals surface area contributed by atoms with Crippen molar-refractivity contribution in [2.24, 2.45) is 11.8 Å². The van der Waals surface area contributed by atoms with Crippen LogP contribution in [-0.4, -0.2) is 54.0 Å². The van der Waals surface area contributed by atoms with Crippen LogP contribution in [0.2, 0.25) is 0 Å². The Morgan fingerprint density at radius 3 is 2.00 bits per heavy atom. The molecule has 0 amide bonds. The summed E-state index contributed by atoms with van der Waals surface area (Å²) in [5.74, 6) is 0.280. The average molecular weight is 765 g/mol. The fourth-order valence-corrected chi connectivity index (χ4v) is 6.26. The highest BCUT2D eigenvalue weighted by atomic mass is 19.4. The van der Waals surface area contributed by atoms with Crippen LogP contribution in [0.1, 0.15) is 72.4 Å². The first-order chi connectivity index (χ1) is 25.0. The van der Waals surface area contributed by atoms with Crippen molar-refractivity contribution in [3.63, 3.8) is 0 Å². The number of hydrogen-bond acceptors (Lipinski definition) is 8. The van der Waals surface area contributed by atoms with Gasteiger partial charge in [-0.25, -0.2) is 9.97 Å². The maximum Gasteiger partial charge on any atom is 0.416 e. The summed E-state index contributed by atoms with van der Waals surface area (Å²) in [6.07, 6.45) is -8.47. The van der Waals surface area contributed by atoms with Crippen LogP contribution in [0.3, 0.4) is 0 Å². The number of alkyl halides is 9. The van der Waals surface area contributed by atoms with E-state index in [1.807, 2.05) is 0 Å². The number of rotatable bonds is 16. The number of aliphatic hydroxyl groups is 1. The van der Waals surface area contributed by atoms with E-state index in [-0.39, 0.29) is 54.8 Å². The highest BCUT2D eigenvalue weighted by molar-refractivity contribution is 5.69. The Hall–Kier alpha value is -4.12. The molecular formula is C36H41F9N4O4. The second-order valence-corrected chi connectivity index (χ2v) is 12.9. The number of esters is 1. The molecule has 1 aliphatic carbocycles. The van der Waals surface area contributed by atoms with Gasteiger partial charge in [0, 0.05) is 19.5 Å². The largest absolute Gasteiger partial charge is 0.488 e. The zero-order valence-corrected chi connectivity index (χ0v) is 28.9. The molecule has 1 saturated carbocycles. The van der Waals surface area contributed by atoms with E-state index in [4.69, 9.17) is 14.6 Å². The Morgan fingerprint density at radius 2 is 1.43 bits per heavy atom. The van der Waals surface area contributed by atoms with Crippen molar-refractivity contribution in [2.75, 3.05) is 37.8 Å². The molecule has 0 saturated heterocycles. The van der Waals surface area contributed by atoms with E-state index in [1.54, 1.807) is 6.92 Å². The van der Waals surface area contributed by atoms with E-state index in [0.29, 0.717) is 49.7 Å². The molecule has 0 spiro atoms. The lowest BCUT2D eigenvalue weighted by Crippen LogP contribution is -2.29. The molecule has 17 heteroatoms. The molecule has 1 aliphatic rings. The standard InChI is InChI=1S/C36H41F9N4O4/c1-2-52-32(51)15-23-3-5-24(6-4-23)18-46-10-9-26-7-8-28(34(37,38)39)16-27(26)22-49(33-47-19-31(20-48-33)53-12-11-50)21-25-13-29(35(40,41)42)17-30(14-25)36(43,44)45/h7-8,13-14,16-17,19-20,23-24,46,50H,2-6,9-12,15,18,21-22H2,1H3. The topological polar surface area (TPSA) is 96.8 Å². The van der Waals surface area contributed by atoms with Gasteiger partial charge in [0.2, 0.25) is 5.95 Å². The van der Waals surface area contributed by atoms with Gasteiger partial charge in [0.25, 0.3) is 0 Å². The maximum atomic E-state index is 13.9. The molecule has 1 heterocycles. The van der Waals surface area contributed by atoms with Crippen LogP contribution >= 0.6 is 0 Å². The van der Waals surface area contributed by atoms with E-state index in [2.05, 4.69) is 15.3 Å². The van der Waals surface area contributed by atoms with Gasteiger partial charge in [-0.15, -0.1) is 0 Å². The summed E-state index contributed by atoms with van der Waals surface area (Å²) in [6, 6.07) is 4.20. The molecule has 1 aromatic heterocycles. The number of aliphatic hydroxyl groups excluding tert-OH is 1. The summed E-state index contributed by atoms with van der Waals surface area (Å²) in [5, 5.41) is 12.4. The minimum Gasteiger partial charge on any atom is -0.488 e. The molecule has 53 heavy (non-hydrogen) atoms. The molecule has 8 nitrogen and oxygen atoms in total. The molecular weight excluding hydrogens is 723 g/mol. The molecule has 0 bridgehead atoms. The van der Waals surface area contributed by atoms with Crippen molar-refractivity contribution in [3.8, 4) is 5.75 Å².